The second-order valence-electron chi connectivity index (χ2n) is 7.75. The van der Waals surface area contributed by atoms with Gasteiger partial charge >= 0.3 is 0 Å². The molecular weight excluding hydrogens is 435 g/mol. The molecule has 2 fully saturated rings. The van der Waals surface area contributed by atoms with E-state index in [1.54, 1.807) is 11.3 Å². The lowest BCUT2D eigenvalue weighted by Crippen LogP contribution is -2.41. The minimum atomic E-state index is 0. The monoisotopic (exact) mass is 464 g/mol. The molecule has 2 saturated heterocycles. The van der Waals surface area contributed by atoms with Gasteiger partial charge in [0.15, 0.2) is 5.96 Å². The predicted molar refractivity (Wildman–Crippen MR) is 110 cm³/mol. The Morgan fingerprint density at radius 2 is 2.25 bits per heavy atom. The van der Waals surface area contributed by atoms with E-state index in [0.717, 1.165) is 49.5 Å². The average Bonchev–Trinajstić information content (AvgIpc) is 3.22. The van der Waals surface area contributed by atoms with Crippen molar-refractivity contribution in [2.45, 2.75) is 45.6 Å². The number of ether oxygens (including phenoxy) is 1. The van der Waals surface area contributed by atoms with E-state index in [1.165, 1.54) is 12.8 Å². The molecule has 3 rings (SSSR count). The molecule has 0 amide bonds. The number of aliphatic imine (C=N–C) groups is 1. The molecule has 1 aromatic rings. The molecule has 0 saturated carbocycles. The highest BCUT2D eigenvalue weighted by molar-refractivity contribution is 14.0. The number of nitrogens with zero attached hydrogens (tertiary/aromatic N) is 3. The van der Waals surface area contributed by atoms with Gasteiger partial charge in [-0.3, -0.25) is 4.99 Å². The average molecular weight is 464 g/mol. The first-order valence-corrected chi connectivity index (χ1v) is 9.28. The van der Waals surface area contributed by atoms with Crippen LogP contribution in [0.5, 0.6) is 0 Å². The Bertz CT molecular complexity index is 575. The zero-order chi connectivity index (χ0) is 16.5. The van der Waals surface area contributed by atoms with E-state index in [-0.39, 0.29) is 29.4 Å². The Morgan fingerprint density at radius 3 is 2.83 bits per heavy atom. The highest BCUT2D eigenvalue weighted by Crippen LogP contribution is 2.38. The molecule has 2 aliphatic rings. The van der Waals surface area contributed by atoms with Crippen molar-refractivity contribution in [1.82, 2.24) is 15.2 Å². The summed E-state index contributed by atoms with van der Waals surface area (Å²) < 4.78 is 5.61. The lowest BCUT2D eigenvalue weighted by atomic mass is 9.87. The van der Waals surface area contributed by atoms with Crippen molar-refractivity contribution in [1.29, 1.82) is 0 Å². The summed E-state index contributed by atoms with van der Waals surface area (Å²) in [6.45, 7) is 11.3. The van der Waals surface area contributed by atoms with E-state index in [1.807, 2.05) is 7.05 Å². The van der Waals surface area contributed by atoms with Crippen molar-refractivity contribution in [3.8, 4) is 0 Å². The summed E-state index contributed by atoms with van der Waals surface area (Å²) in [5.74, 6) is 0.987. The van der Waals surface area contributed by atoms with Crippen molar-refractivity contribution in [2.75, 3.05) is 33.4 Å². The van der Waals surface area contributed by atoms with Crippen molar-refractivity contribution >= 4 is 41.3 Å². The van der Waals surface area contributed by atoms with Gasteiger partial charge in [0.25, 0.3) is 0 Å². The van der Waals surface area contributed by atoms with Crippen molar-refractivity contribution < 1.29 is 4.74 Å². The Morgan fingerprint density at radius 1 is 1.46 bits per heavy atom. The first-order valence-electron chi connectivity index (χ1n) is 8.40. The molecule has 0 radical (unpaired) electrons. The second-order valence-corrected chi connectivity index (χ2v) is 8.69. The SMILES string of the molecule is CN=C(NCc1nc(C(C)(C)C)cs1)N1CCC2(CCOC2)C1.I. The van der Waals surface area contributed by atoms with Gasteiger partial charge in [-0.15, -0.1) is 35.3 Å². The maximum atomic E-state index is 5.61. The summed E-state index contributed by atoms with van der Waals surface area (Å²) in [4.78, 5) is 11.6. The minimum Gasteiger partial charge on any atom is -0.381 e. The summed E-state index contributed by atoms with van der Waals surface area (Å²) in [6.07, 6.45) is 2.39. The molecule has 0 aromatic carbocycles. The van der Waals surface area contributed by atoms with Crippen molar-refractivity contribution in [2.24, 2.45) is 10.4 Å². The molecule has 5 nitrogen and oxygen atoms in total. The number of hydrogen-bond acceptors (Lipinski definition) is 4. The van der Waals surface area contributed by atoms with E-state index in [9.17, 15) is 0 Å². The van der Waals surface area contributed by atoms with Gasteiger partial charge in [-0.2, -0.15) is 0 Å². The predicted octanol–water partition coefficient (Wildman–Crippen LogP) is 3.25. The largest absolute Gasteiger partial charge is 0.381 e. The lowest BCUT2D eigenvalue weighted by Gasteiger charge is -2.24. The summed E-state index contributed by atoms with van der Waals surface area (Å²) in [7, 11) is 1.86. The summed E-state index contributed by atoms with van der Waals surface area (Å²) in [6, 6.07) is 0. The van der Waals surface area contributed by atoms with Gasteiger partial charge in [0.1, 0.15) is 5.01 Å². The van der Waals surface area contributed by atoms with Crippen LogP contribution in [0.1, 0.15) is 44.3 Å². The standard InChI is InChI=1S/C17H28N4OS.HI/c1-16(2,3)13-10-23-14(20-13)9-19-15(18-4)21-7-5-17(11-21)6-8-22-12-17;/h10H,5-9,11-12H2,1-4H3,(H,18,19);1H. The fraction of sp³-hybridized carbons (Fsp3) is 0.765. The van der Waals surface area contributed by atoms with Crippen molar-refractivity contribution in [3.63, 3.8) is 0 Å². The third-order valence-electron chi connectivity index (χ3n) is 4.85. The van der Waals surface area contributed by atoms with Crippen LogP contribution in [0.3, 0.4) is 0 Å². The van der Waals surface area contributed by atoms with Crippen LogP contribution in [-0.2, 0) is 16.7 Å². The van der Waals surface area contributed by atoms with Crippen LogP contribution in [-0.4, -0.2) is 49.2 Å². The maximum Gasteiger partial charge on any atom is 0.194 e. The molecule has 3 heterocycles. The number of halogens is 1. The lowest BCUT2D eigenvalue weighted by molar-refractivity contribution is 0.156. The van der Waals surface area contributed by atoms with Crippen LogP contribution >= 0.6 is 35.3 Å². The van der Waals surface area contributed by atoms with E-state index >= 15 is 0 Å². The quantitative estimate of drug-likeness (QED) is 0.415. The van der Waals surface area contributed by atoms with Gasteiger partial charge < -0.3 is 15.0 Å². The van der Waals surface area contributed by atoms with Crippen LogP contribution < -0.4 is 5.32 Å². The Kier molecular flexibility index (Phi) is 6.52. The highest BCUT2D eigenvalue weighted by atomic mass is 127. The molecule has 136 valence electrons. The van der Waals surface area contributed by atoms with E-state index in [2.05, 4.69) is 41.4 Å². The summed E-state index contributed by atoms with van der Waals surface area (Å²) >= 11 is 1.72. The molecule has 1 atom stereocenters. The molecule has 24 heavy (non-hydrogen) atoms. The fourth-order valence-corrected chi connectivity index (χ4v) is 4.27. The van der Waals surface area contributed by atoms with Crippen LogP contribution in [0.2, 0.25) is 0 Å². The minimum absolute atomic E-state index is 0. The number of likely N-dealkylation sites (tertiary alicyclic amines) is 1. The van der Waals surface area contributed by atoms with Gasteiger partial charge in [-0.1, -0.05) is 20.8 Å². The third kappa shape index (κ3) is 4.40. The number of thiazole rings is 1. The first-order chi connectivity index (χ1) is 10.9. The number of guanidine groups is 1. The number of rotatable bonds is 2. The fourth-order valence-electron chi connectivity index (χ4n) is 3.31. The smallest absolute Gasteiger partial charge is 0.194 e. The Labute approximate surface area is 166 Å². The Balaban J connectivity index is 0.00000208. The molecule has 0 bridgehead atoms. The third-order valence-corrected chi connectivity index (χ3v) is 5.70. The van der Waals surface area contributed by atoms with E-state index in [0.29, 0.717) is 5.41 Å². The number of nitrogens with one attached hydrogen (secondary N) is 1. The zero-order valence-electron chi connectivity index (χ0n) is 15.1. The molecule has 1 spiro atoms. The number of aromatic nitrogens is 1. The van der Waals surface area contributed by atoms with Gasteiger partial charge in [-0.05, 0) is 12.8 Å². The molecule has 1 N–H and O–H groups in total. The van der Waals surface area contributed by atoms with Gasteiger partial charge in [0.2, 0.25) is 0 Å². The maximum absolute atomic E-state index is 5.61. The summed E-state index contributed by atoms with van der Waals surface area (Å²) in [5, 5.41) is 6.77. The zero-order valence-corrected chi connectivity index (χ0v) is 18.2. The number of hydrogen-bond donors (Lipinski definition) is 1. The van der Waals surface area contributed by atoms with E-state index < -0.39 is 0 Å². The second kappa shape index (κ2) is 7.86. The van der Waals surface area contributed by atoms with Gasteiger partial charge in [0.05, 0.1) is 18.8 Å². The van der Waals surface area contributed by atoms with Crippen LogP contribution in [0, 0.1) is 5.41 Å². The van der Waals surface area contributed by atoms with Crippen LogP contribution in [0.15, 0.2) is 10.4 Å². The first kappa shape index (κ1) is 19.9. The van der Waals surface area contributed by atoms with Gasteiger partial charge in [-0.25, -0.2) is 4.98 Å². The topological polar surface area (TPSA) is 49.8 Å². The molecule has 0 aliphatic carbocycles. The van der Waals surface area contributed by atoms with Gasteiger partial charge in [0, 0.05) is 43.0 Å². The molecule has 2 aliphatic heterocycles. The summed E-state index contributed by atoms with van der Waals surface area (Å²) in [5.41, 5.74) is 1.64. The normalized spacial score (nSPS) is 24.5. The van der Waals surface area contributed by atoms with E-state index in [4.69, 9.17) is 9.72 Å². The Hall–Kier alpha value is -0.410. The molecule has 7 heteroatoms. The van der Waals surface area contributed by atoms with Crippen LogP contribution in [0.4, 0.5) is 0 Å². The highest BCUT2D eigenvalue weighted by Gasteiger charge is 2.42. The molecule has 1 aromatic heterocycles. The van der Waals surface area contributed by atoms with Crippen LogP contribution in [0.25, 0.3) is 0 Å². The molecule has 1 unspecified atom stereocenters. The van der Waals surface area contributed by atoms with Crippen molar-refractivity contribution in [3.05, 3.63) is 16.1 Å². The molecular formula is C17H29IN4OS.